The minimum absolute atomic E-state index is 0.00861. The lowest BCUT2D eigenvalue weighted by Crippen LogP contribution is -2.47. The molecule has 0 saturated heterocycles. The number of hydrogen-bond donors (Lipinski definition) is 4. The zero-order valence-corrected chi connectivity index (χ0v) is 29.3. The summed E-state index contributed by atoms with van der Waals surface area (Å²) in [7, 11) is 8.12. The van der Waals surface area contributed by atoms with Crippen LogP contribution in [-0.4, -0.2) is 71.5 Å². The molecule has 6 rings (SSSR count). The maximum atomic E-state index is 13.4. The topological polar surface area (TPSA) is 87.4 Å². The van der Waals surface area contributed by atoms with Gasteiger partial charge in [-0.15, -0.1) is 0 Å². The Kier molecular flexibility index (Phi) is 11.8. The molecule has 2 fully saturated rings. The molecule has 0 spiro atoms. The molecule has 4 N–H and O–H groups in total. The van der Waals surface area contributed by atoms with Gasteiger partial charge in [-0.3, -0.25) is 0 Å². The zero-order valence-electron chi connectivity index (χ0n) is 29.3. The van der Waals surface area contributed by atoms with Crippen molar-refractivity contribution in [2.75, 3.05) is 41.3 Å². The molecule has 6 unspecified atom stereocenters. The average Bonchev–Trinajstić information content (AvgIpc) is 3.07. The van der Waals surface area contributed by atoms with Crippen molar-refractivity contribution in [3.8, 4) is 11.5 Å². The van der Waals surface area contributed by atoms with E-state index in [2.05, 4.69) is 23.9 Å². The van der Waals surface area contributed by atoms with E-state index in [4.69, 9.17) is 0 Å². The third-order valence-electron chi connectivity index (χ3n) is 10.7. The SMILES string of the molecule is CN(C)CC1CCCC(c2cccc(O)c2)C1(O)c1ccc(F)cc1.CN(C)CC1CCCC(c2cccc(O)c2)C1(O)c1ccccc1. The summed E-state index contributed by atoms with van der Waals surface area (Å²) in [6.45, 7) is 1.60. The summed E-state index contributed by atoms with van der Waals surface area (Å²) in [6.07, 6.45) is 5.80. The number of nitrogens with zero attached hydrogens (tertiary/aromatic N) is 2. The lowest BCUT2D eigenvalue weighted by Gasteiger charge is -2.47. The third-order valence-corrected chi connectivity index (χ3v) is 10.7. The number of phenols is 2. The molecule has 6 atom stereocenters. The monoisotopic (exact) mass is 668 g/mol. The third kappa shape index (κ3) is 8.18. The molecule has 2 aliphatic rings. The highest BCUT2D eigenvalue weighted by Crippen LogP contribution is 2.52. The van der Waals surface area contributed by atoms with Crippen molar-refractivity contribution in [3.05, 3.63) is 131 Å². The Labute approximate surface area is 291 Å². The van der Waals surface area contributed by atoms with Crippen LogP contribution in [0.3, 0.4) is 0 Å². The molecule has 0 radical (unpaired) electrons. The predicted molar refractivity (Wildman–Crippen MR) is 194 cm³/mol. The fourth-order valence-corrected chi connectivity index (χ4v) is 8.55. The van der Waals surface area contributed by atoms with E-state index in [0.29, 0.717) is 0 Å². The molecule has 6 nitrogen and oxygen atoms in total. The fourth-order valence-electron chi connectivity index (χ4n) is 8.55. The highest BCUT2D eigenvalue weighted by molar-refractivity contribution is 5.38. The molecular weight excluding hydrogens is 615 g/mol. The van der Waals surface area contributed by atoms with Crippen LogP contribution in [0.4, 0.5) is 4.39 Å². The van der Waals surface area contributed by atoms with Gasteiger partial charge in [0.1, 0.15) is 28.5 Å². The van der Waals surface area contributed by atoms with Crippen LogP contribution >= 0.6 is 0 Å². The predicted octanol–water partition coefficient (Wildman–Crippen LogP) is 7.59. The summed E-state index contributed by atoms with van der Waals surface area (Å²) in [5.74, 6) is 0.215. The van der Waals surface area contributed by atoms with E-state index in [0.717, 1.165) is 73.9 Å². The second-order valence-corrected chi connectivity index (χ2v) is 14.6. The molecular formula is C42H53FN2O4. The van der Waals surface area contributed by atoms with Crippen molar-refractivity contribution in [2.45, 2.75) is 61.6 Å². The first-order valence-electron chi connectivity index (χ1n) is 17.6. The highest BCUT2D eigenvalue weighted by atomic mass is 19.1. The number of aliphatic hydroxyl groups is 2. The summed E-state index contributed by atoms with van der Waals surface area (Å²) < 4.78 is 13.4. The van der Waals surface area contributed by atoms with Crippen LogP contribution in [-0.2, 0) is 11.2 Å². The van der Waals surface area contributed by atoms with E-state index in [1.807, 2.05) is 68.7 Å². The number of phenolic OH excluding ortho intramolecular Hbond substituents is 2. The van der Waals surface area contributed by atoms with Crippen LogP contribution in [0, 0.1) is 17.7 Å². The van der Waals surface area contributed by atoms with E-state index < -0.39 is 11.2 Å². The van der Waals surface area contributed by atoms with E-state index >= 15 is 0 Å². The first-order valence-corrected chi connectivity index (χ1v) is 17.6. The summed E-state index contributed by atoms with van der Waals surface area (Å²) in [6, 6.07) is 30.8. The van der Waals surface area contributed by atoms with Crippen molar-refractivity contribution in [2.24, 2.45) is 11.8 Å². The Morgan fingerprint density at radius 3 is 1.41 bits per heavy atom. The molecule has 2 aliphatic carbocycles. The quantitative estimate of drug-likeness (QED) is 0.155. The van der Waals surface area contributed by atoms with Gasteiger partial charge in [0.15, 0.2) is 0 Å². The van der Waals surface area contributed by atoms with Crippen LogP contribution in [0.25, 0.3) is 0 Å². The molecule has 7 heteroatoms. The molecule has 4 aromatic carbocycles. The fraction of sp³-hybridized carbons (Fsp3) is 0.429. The van der Waals surface area contributed by atoms with E-state index in [1.165, 1.54) is 12.1 Å². The van der Waals surface area contributed by atoms with Gasteiger partial charge in [-0.05, 0) is 113 Å². The molecule has 49 heavy (non-hydrogen) atoms. The van der Waals surface area contributed by atoms with Gasteiger partial charge >= 0.3 is 0 Å². The average molecular weight is 669 g/mol. The highest BCUT2D eigenvalue weighted by Gasteiger charge is 2.49. The Balaban J connectivity index is 0.000000191. The zero-order chi connectivity index (χ0) is 35.2. The first kappa shape index (κ1) is 36.5. The standard InChI is InChI=1S/C21H26FNO2.C21H27NO2/c1-23(2)14-17-6-4-8-20(15-5-3-7-19(24)13-15)21(17,25)16-9-11-18(22)12-10-16;1-22(2)15-18-11-7-13-20(16-8-6-12-19(23)14-16)21(18,24)17-9-4-3-5-10-17/h3,5,7,9-13,17,20,24-25H,4,6,8,14H2,1-2H3;3-6,8-10,12,14,18,20,23-24H,7,11,13,15H2,1-2H3. The molecule has 0 aliphatic heterocycles. The van der Waals surface area contributed by atoms with Crippen molar-refractivity contribution in [1.82, 2.24) is 9.80 Å². The molecule has 262 valence electrons. The van der Waals surface area contributed by atoms with E-state index in [9.17, 15) is 24.8 Å². The van der Waals surface area contributed by atoms with E-state index in [-0.39, 0.29) is 41.0 Å². The molecule has 0 heterocycles. The van der Waals surface area contributed by atoms with Crippen molar-refractivity contribution in [3.63, 3.8) is 0 Å². The number of rotatable bonds is 8. The Hall–Kier alpha value is -3.75. The van der Waals surface area contributed by atoms with Crippen LogP contribution < -0.4 is 0 Å². The van der Waals surface area contributed by atoms with Crippen LogP contribution in [0.1, 0.15) is 72.6 Å². The van der Waals surface area contributed by atoms with Crippen LogP contribution in [0.5, 0.6) is 11.5 Å². The van der Waals surface area contributed by atoms with E-state index in [1.54, 1.807) is 36.4 Å². The van der Waals surface area contributed by atoms with Gasteiger partial charge in [0.05, 0.1) is 0 Å². The lowest BCUT2D eigenvalue weighted by molar-refractivity contribution is -0.0805. The van der Waals surface area contributed by atoms with Gasteiger partial charge in [-0.1, -0.05) is 79.6 Å². The van der Waals surface area contributed by atoms with Gasteiger partial charge in [0.2, 0.25) is 0 Å². The van der Waals surface area contributed by atoms with Gasteiger partial charge in [-0.2, -0.15) is 0 Å². The Morgan fingerprint density at radius 2 is 1.00 bits per heavy atom. The summed E-state index contributed by atoms with van der Waals surface area (Å²) >= 11 is 0. The van der Waals surface area contributed by atoms with Crippen molar-refractivity contribution < 1.29 is 24.8 Å². The number of benzene rings is 4. The molecule has 0 bridgehead atoms. The Morgan fingerprint density at radius 1 is 0.571 bits per heavy atom. The second-order valence-electron chi connectivity index (χ2n) is 14.6. The molecule has 0 amide bonds. The van der Waals surface area contributed by atoms with Crippen LogP contribution in [0.15, 0.2) is 103 Å². The summed E-state index contributed by atoms with van der Waals surface area (Å²) in [4.78, 5) is 4.24. The summed E-state index contributed by atoms with van der Waals surface area (Å²) in [5.41, 5.74) is 1.65. The van der Waals surface area contributed by atoms with Gasteiger partial charge < -0.3 is 30.2 Å². The Bertz CT molecular complexity index is 1630. The second kappa shape index (κ2) is 15.9. The summed E-state index contributed by atoms with van der Waals surface area (Å²) in [5, 5.41) is 43.7. The largest absolute Gasteiger partial charge is 0.508 e. The normalized spacial score (nSPS) is 27.0. The minimum atomic E-state index is -1.09. The minimum Gasteiger partial charge on any atom is -0.508 e. The first-order chi connectivity index (χ1) is 23.4. The smallest absolute Gasteiger partial charge is 0.123 e. The van der Waals surface area contributed by atoms with Crippen molar-refractivity contribution in [1.29, 1.82) is 0 Å². The lowest BCUT2D eigenvalue weighted by atomic mass is 9.63. The number of halogens is 1. The molecule has 2 saturated carbocycles. The molecule has 0 aromatic heterocycles. The molecule has 4 aromatic rings. The van der Waals surface area contributed by atoms with Crippen LogP contribution in [0.2, 0.25) is 0 Å². The number of aromatic hydroxyl groups is 2. The van der Waals surface area contributed by atoms with Crippen molar-refractivity contribution >= 4 is 0 Å². The maximum Gasteiger partial charge on any atom is 0.123 e. The maximum absolute atomic E-state index is 13.4. The van der Waals surface area contributed by atoms with Gasteiger partial charge in [-0.25, -0.2) is 4.39 Å². The number of hydrogen-bond acceptors (Lipinski definition) is 6. The van der Waals surface area contributed by atoms with Gasteiger partial charge in [0.25, 0.3) is 0 Å². The van der Waals surface area contributed by atoms with Gasteiger partial charge in [0, 0.05) is 36.8 Å².